The van der Waals surface area contributed by atoms with Crippen LogP contribution in [0, 0.1) is 11.3 Å². The fourth-order valence-corrected chi connectivity index (χ4v) is 1.81. The first-order valence-electron chi connectivity index (χ1n) is 5.58. The van der Waals surface area contributed by atoms with Crippen molar-refractivity contribution < 1.29 is 0 Å². The Kier molecular flexibility index (Phi) is 3.54. The van der Waals surface area contributed by atoms with E-state index in [0.29, 0.717) is 13.0 Å². The Morgan fingerprint density at radius 1 is 1.38 bits per heavy atom. The molecule has 1 aliphatic heterocycles. The molecule has 1 aromatic rings. The number of hydrogen-bond donors (Lipinski definition) is 1. The molecule has 0 radical (unpaired) electrons. The molecule has 2 heterocycles. The molecule has 0 aromatic carbocycles. The van der Waals surface area contributed by atoms with Crippen LogP contribution in [-0.4, -0.2) is 29.6 Å². The molecular weight excluding hydrogens is 202 g/mol. The van der Waals surface area contributed by atoms with Crippen LogP contribution in [0.5, 0.6) is 0 Å². The smallest absolute Gasteiger partial charge is 0.134 e. The molecule has 0 spiro atoms. The van der Waals surface area contributed by atoms with Gasteiger partial charge in [-0.3, -0.25) is 0 Å². The predicted octanol–water partition coefficient (Wildman–Crippen LogP) is 1.40. The standard InChI is InChI=1S/C11H15N5/c12-4-3-5-13-10-8-11(15-9-14-10)16-6-1-2-7-16/h8-9H,1-3,5-7H2,(H,13,14,15). The minimum Gasteiger partial charge on any atom is -0.369 e. The highest BCUT2D eigenvalue weighted by molar-refractivity contribution is 5.48. The highest BCUT2D eigenvalue weighted by Crippen LogP contribution is 2.18. The number of nitriles is 1. The van der Waals surface area contributed by atoms with Gasteiger partial charge in [-0.05, 0) is 12.8 Å². The van der Waals surface area contributed by atoms with Crippen molar-refractivity contribution in [1.29, 1.82) is 5.26 Å². The normalized spacial score (nSPS) is 14.8. The molecule has 0 atom stereocenters. The first-order chi connectivity index (χ1) is 7.90. The Labute approximate surface area is 95.1 Å². The molecule has 0 aliphatic carbocycles. The van der Waals surface area contributed by atoms with Crippen LogP contribution >= 0.6 is 0 Å². The van der Waals surface area contributed by atoms with Gasteiger partial charge in [-0.25, -0.2) is 9.97 Å². The average Bonchev–Trinajstić information content (AvgIpc) is 2.83. The molecule has 2 rings (SSSR count). The van der Waals surface area contributed by atoms with Crippen molar-refractivity contribution in [2.75, 3.05) is 29.9 Å². The van der Waals surface area contributed by atoms with Crippen LogP contribution in [0.25, 0.3) is 0 Å². The van der Waals surface area contributed by atoms with Crippen molar-refractivity contribution in [3.05, 3.63) is 12.4 Å². The monoisotopic (exact) mass is 217 g/mol. The topological polar surface area (TPSA) is 64.8 Å². The molecule has 5 nitrogen and oxygen atoms in total. The van der Waals surface area contributed by atoms with E-state index in [9.17, 15) is 0 Å². The van der Waals surface area contributed by atoms with Crippen LogP contribution in [0.1, 0.15) is 19.3 Å². The van der Waals surface area contributed by atoms with E-state index in [1.54, 1.807) is 6.33 Å². The predicted molar refractivity (Wildman–Crippen MR) is 62.2 cm³/mol. The molecule has 0 bridgehead atoms. The molecule has 0 amide bonds. The van der Waals surface area contributed by atoms with Gasteiger partial charge < -0.3 is 10.2 Å². The average molecular weight is 217 g/mol. The maximum absolute atomic E-state index is 8.44. The second-order valence-corrected chi connectivity index (χ2v) is 3.79. The highest BCUT2D eigenvalue weighted by Gasteiger charge is 2.13. The van der Waals surface area contributed by atoms with Gasteiger partial charge in [0.2, 0.25) is 0 Å². The summed E-state index contributed by atoms with van der Waals surface area (Å²) in [5.74, 6) is 1.78. The van der Waals surface area contributed by atoms with Crippen molar-refractivity contribution in [2.45, 2.75) is 19.3 Å². The Morgan fingerprint density at radius 3 is 2.94 bits per heavy atom. The number of nitrogens with zero attached hydrogens (tertiary/aromatic N) is 4. The molecule has 1 aromatic heterocycles. The summed E-state index contributed by atoms with van der Waals surface area (Å²) < 4.78 is 0. The molecule has 1 saturated heterocycles. The Balaban J connectivity index is 1.98. The van der Waals surface area contributed by atoms with E-state index in [-0.39, 0.29) is 0 Å². The van der Waals surface area contributed by atoms with Gasteiger partial charge in [0.1, 0.15) is 18.0 Å². The van der Waals surface area contributed by atoms with Gasteiger partial charge in [0.05, 0.1) is 12.5 Å². The van der Waals surface area contributed by atoms with E-state index in [2.05, 4.69) is 26.3 Å². The van der Waals surface area contributed by atoms with Gasteiger partial charge in [-0.1, -0.05) is 0 Å². The second-order valence-electron chi connectivity index (χ2n) is 3.79. The minimum atomic E-state index is 0.489. The highest BCUT2D eigenvalue weighted by atomic mass is 15.2. The molecule has 16 heavy (non-hydrogen) atoms. The lowest BCUT2D eigenvalue weighted by Gasteiger charge is -2.16. The third-order valence-corrected chi connectivity index (χ3v) is 2.63. The maximum atomic E-state index is 8.44. The molecule has 0 unspecified atom stereocenters. The number of anilines is 2. The van der Waals surface area contributed by atoms with Gasteiger partial charge in [-0.15, -0.1) is 0 Å². The van der Waals surface area contributed by atoms with E-state index in [1.165, 1.54) is 12.8 Å². The number of hydrogen-bond acceptors (Lipinski definition) is 5. The zero-order valence-corrected chi connectivity index (χ0v) is 9.19. The van der Waals surface area contributed by atoms with E-state index in [0.717, 1.165) is 24.7 Å². The second kappa shape index (κ2) is 5.31. The van der Waals surface area contributed by atoms with E-state index in [4.69, 9.17) is 5.26 Å². The molecular formula is C11H15N5. The summed E-state index contributed by atoms with van der Waals surface area (Å²) in [6.45, 7) is 2.79. The minimum absolute atomic E-state index is 0.489. The van der Waals surface area contributed by atoms with Gasteiger partial charge in [0.25, 0.3) is 0 Å². The molecule has 1 N–H and O–H groups in total. The van der Waals surface area contributed by atoms with Gasteiger partial charge in [-0.2, -0.15) is 5.26 Å². The van der Waals surface area contributed by atoms with Crippen molar-refractivity contribution in [2.24, 2.45) is 0 Å². The number of rotatable bonds is 4. The van der Waals surface area contributed by atoms with Crippen LogP contribution in [0.3, 0.4) is 0 Å². The van der Waals surface area contributed by atoms with Crippen LogP contribution < -0.4 is 10.2 Å². The molecule has 5 heteroatoms. The number of nitrogens with one attached hydrogen (secondary N) is 1. The van der Waals surface area contributed by atoms with Crippen LogP contribution in [0.4, 0.5) is 11.6 Å². The Morgan fingerprint density at radius 2 is 2.19 bits per heavy atom. The van der Waals surface area contributed by atoms with E-state index >= 15 is 0 Å². The SMILES string of the molecule is N#CCCNc1cc(N2CCCC2)ncn1. The van der Waals surface area contributed by atoms with Crippen LogP contribution in [-0.2, 0) is 0 Å². The lowest BCUT2D eigenvalue weighted by molar-refractivity contribution is 0.925. The van der Waals surface area contributed by atoms with Gasteiger partial charge >= 0.3 is 0 Å². The van der Waals surface area contributed by atoms with E-state index in [1.807, 2.05) is 6.07 Å². The summed E-state index contributed by atoms with van der Waals surface area (Å²) in [5.41, 5.74) is 0. The fraction of sp³-hybridized carbons (Fsp3) is 0.545. The maximum Gasteiger partial charge on any atom is 0.134 e. The van der Waals surface area contributed by atoms with Crippen LogP contribution in [0.2, 0.25) is 0 Å². The zero-order valence-electron chi connectivity index (χ0n) is 9.19. The Hall–Kier alpha value is -1.83. The van der Waals surface area contributed by atoms with Crippen molar-refractivity contribution >= 4 is 11.6 Å². The van der Waals surface area contributed by atoms with Gasteiger partial charge in [0, 0.05) is 25.7 Å². The third kappa shape index (κ3) is 2.60. The summed E-state index contributed by atoms with van der Waals surface area (Å²) >= 11 is 0. The van der Waals surface area contributed by atoms with E-state index < -0.39 is 0 Å². The summed E-state index contributed by atoms with van der Waals surface area (Å²) in [7, 11) is 0. The zero-order chi connectivity index (χ0) is 11.2. The van der Waals surface area contributed by atoms with Crippen molar-refractivity contribution in [3.8, 4) is 6.07 Å². The first-order valence-corrected chi connectivity index (χ1v) is 5.58. The first kappa shape index (κ1) is 10.7. The summed E-state index contributed by atoms with van der Waals surface area (Å²) in [6, 6.07) is 4.04. The third-order valence-electron chi connectivity index (χ3n) is 2.63. The number of aromatic nitrogens is 2. The van der Waals surface area contributed by atoms with Crippen molar-refractivity contribution in [1.82, 2.24) is 9.97 Å². The quantitative estimate of drug-likeness (QED) is 0.772. The van der Waals surface area contributed by atoms with Crippen molar-refractivity contribution in [3.63, 3.8) is 0 Å². The molecule has 1 fully saturated rings. The summed E-state index contributed by atoms with van der Waals surface area (Å²) in [4.78, 5) is 10.6. The lowest BCUT2D eigenvalue weighted by atomic mass is 10.4. The Bertz CT molecular complexity index is 378. The largest absolute Gasteiger partial charge is 0.369 e. The van der Waals surface area contributed by atoms with Gasteiger partial charge in [0.15, 0.2) is 0 Å². The lowest BCUT2D eigenvalue weighted by Crippen LogP contribution is -2.19. The van der Waals surface area contributed by atoms with Crippen LogP contribution in [0.15, 0.2) is 12.4 Å². The molecule has 0 saturated carbocycles. The summed E-state index contributed by atoms with van der Waals surface area (Å²) in [5, 5.41) is 11.5. The summed E-state index contributed by atoms with van der Waals surface area (Å²) in [6.07, 6.45) is 4.54. The molecule has 1 aliphatic rings. The fourth-order valence-electron chi connectivity index (χ4n) is 1.81. The molecule has 84 valence electrons.